The minimum absolute atomic E-state index is 0.163. The van der Waals surface area contributed by atoms with E-state index in [4.69, 9.17) is 5.73 Å². The first-order valence-corrected chi connectivity index (χ1v) is 5.00. The van der Waals surface area contributed by atoms with E-state index < -0.39 is 17.5 Å². The zero-order valence-corrected chi connectivity index (χ0v) is 9.10. The molecule has 2 rings (SSSR count). The smallest absolute Gasteiger partial charge is 0.136 e. The molecule has 0 aliphatic carbocycles. The van der Waals surface area contributed by atoms with E-state index in [0.29, 0.717) is 0 Å². The van der Waals surface area contributed by atoms with Crippen LogP contribution in [0.2, 0.25) is 0 Å². The van der Waals surface area contributed by atoms with Crippen LogP contribution in [0.4, 0.5) is 18.9 Å². The third-order valence-electron chi connectivity index (χ3n) is 2.54. The highest BCUT2D eigenvalue weighted by Crippen LogP contribution is 2.31. The van der Waals surface area contributed by atoms with Gasteiger partial charge in [0.05, 0.1) is 5.56 Å². The fraction of sp³-hybridized carbons (Fsp3) is 0.0769. The van der Waals surface area contributed by atoms with Crippen molar-refractivity contribution in [2.75, 3.05) is 5.73 Å². The van der Waals surface area contributed by atoms with Gasteiger partial charge in [0, 0.05) is 11.3 Å². The van der Waals surface area contributed by atoms with E-state index >= 15 is 0 Å². The third-order valence-corrected chi connectivity index (χ3v) is 2.54. The summed E-state index contributed by atoms with van der Waals surface area (Å²) in [4.78, 5) is 0. The lowest BCUT2D eigenvalue weighted by atomic mass is 10.0. The van der Waals surface area contributed by atoms with Crippen molar-refractivity contribution in [3.8, 4) is 11.1 Å². The molecule has 0 spiro atoms. The number of aryl methyl sites for hydroxylation is 1. The van der Waals surface area contributed by atoms with Gasteiger partial charge < -0.3 is 5.73 Å². The lowest BCUT2D eigenvalue weighted by molar-refractivity contribution is 0.577. The first-order chi connectivity index (χ1) is 8.00. The summed E-state index contributed by atoms with van der Waals surface area (Å²) in [7, 11) is 0. The van der Waals surface area contributed by atoms with E-state index in [1.54, 1.807) is 0 Å². The summed E-state index contributed by atoms with van der Waals surface area (Å²) >= 11 is 0. The predicted octanol–water partition coefficient (Wildman–Crippen LogP) is 3.66. The van der Waals surface area contributed by atoms with Crippen LogP contribution in [0.3, 0.4) is 0 Å². The van der Waals surface area contributed by atoms with E-state index in [9.17, 15) is 13.2 Å². The first-order valence-electron chi connectivity index (χ1n) is 5.00. The highest BCUT2D eigenvalue weighted by Gasteiger charge is 2.17. The average Bonchev–Trinajstić information content (AvgIpc) is 2.29. The summed E-state index contributed by atoms with van der Waals surface area (Å²) in [6, 6.07) is 6.06. The Balaban J connectivity index is 2.76. The molecule has 0 aromatic heterocycles. The highest BCUT2D eigenvalue weighted by atomic mass is 19.1. The van der Waals surface area contributed by atoms with Gasteiger partial charge in [-0.15, -0.1) is 0 Å². The van der Waals surface area contributed by atoms with Gasteiger partial charge in [0.25, 0.3) is 0 Å². The van der Waals surface area contributed by atoms with E-state index in [1.165, 1.54) is 25.1 Å². The number of halogens is 3. The molecule has 0 heterocycles. The van der Waals surface area contributed by atoms with E-state index in [-0.39, 0.29) is 22.4 Å². The predicted molar refractivity (Wildman–Crippen MR) is 60.9 cm³/mol. The van der Waals surface area contributed by atoms with E-state index in [2.05, 4.69) is 0 Å². The number of hydrogen-bond acceptors (Lipinski definition) is 1. The standard InChI is InChI=1S/C13H10F3N/c1-7-2-4-11(15)12(13(7)16)9-6-8(17)3-5-10(9)14/h2-6H,17H2,1H3. The summed E-state index contributed by atoms with van der Waals surface area (Å²) in [5.74, 6) is -2.28. The summed E-state index contributed by atoms with van der Waals surface area (Å²) in [6.45, 7) is 1.49. The Labute approximate surface area is 96.7 Å². The van der Waals surface area contributed by atoms with Gasteiger partial charge >= 0.3 is 0 Å². The number of nitrogen functional groups attached to an aromatic ring is 1. The maximum Gasteiger partial charge on any atom is 0.136 e. The molecule has 4 heteroatoms. The maximum absolute atomic E-state index is 13.8. The molecular weight excluding hydrogens is 227 g/mol. The van der Waals surface area contributed by atoms with Gasteiger partial charge in [-0.25, -0.2) is 13.2 Å². The van der Waals surface area contributed by atoms with Crippen LogP contribution < -0.4 is 5.73 Å². The van der Waals surface area contributed by atoms with E-state index in [1.807, 2.05) is 0 Å². The number of hydrogen-bond donors (Lipinski definition) is 1. The van der Waals surface area contributed by atoms with Crippen molar-refractivity contribution in [1.82, 2.24) is 0 Å². The Bertz CT molecular complexity index is 579. The van der Waals surface area contributed by atoms with Crippen molar-refractivity contribution >= 4 is 5.69 Å². The van der Waals surface area contributed by atoms with Gasteiger partial charge in [-0.1, -0.05) is 6.07 Å². The zero-order valence-electron chi connectivity index (χ0n) is 9.10. The monoisotopic (exact) mass is 237 g/mol. The van der Waals surface area contributed by atoms with Crippen LogP contribution in [0, 0.1) is 24.4 Å². The molecule has 1 nitrogen and oxygen atoms in total. The normalized spacial score (nSPS) is 10.6. The Hall–Kier alpha value is -1.97. The second-order valence-electron chi connectivity index (χ2n) is 3.79. The van der Waals surface area contributed by atoms with Crippen LogP contribution in [0.25, 0.3) is 11.1 Å². The number of rotatable bonds is 1. The van der Waals surface area contributed by atoms with Gasteiger partial charge in [0.15, 0.2) is 0 Å². The first kappa shape index (κ1) is 11.5. The van der Waals surface area contributed by atoms with E-state index in [0.717, 1.165) is 12.1 Å². The summed E-state index contributed by atoms with van der Waals surface area (Å²) in [5, 5.41) is 0. The number of nitrogens with two attached hydrogens (primary N) is 1. The Morgan fingerprint density at radius 1 is 0.941 bits per heavy atom. The number of benzene rings is 2. The molecule has 0 bridgehead atoms. The average molecular weight is 237 g/mol. The van der Waals surface area contributed by atoms with Crippen molar-refractivity contribution in [2.45, 2.75) is 6.92 Å². The van der Waals surface area contributed by atoms with Gasteiger partial charge in [0.2, 0.25) is 0 Å². The number of anilines is 1. The molecule has 2 aromatic rings. The summed E-state index contributed by atoms with van der Waals surface area (Å²) < 4.78 is 41.0. The van der Waals surface area contributed by atoms with Crippen molar-refractivity contribution < 1.29 is 13.2 Å². The third kappa shape index (κ3) is 1.98. The highest BCUT2D eigenvalue weighted by molar-refractivity contribution is 5.69. The lowest BCUT2D eigenvalue weighted by Gasteiger charge is -2.09. The maximum atomic E-state index is 13.8. The Kier molecular flexibility index (Phi) is 2.79. The molecule has 17 heavy (non-hydrogen) atoms. The molecule has 0 aliphatic rings. The fourth-order valence-electron chi connectivity index (χ4n) is 1.64. The van der Waals surface area contributed by atoms with Crippen LogP contribution >= 0.6 is 0 Å². The second kappa shape index (κ2) is 4.13. The quantitative estimate of drug-likeness (QED) is 0.752. The van der Waals surface area contributed by atoms with Crippen LogP contribution in [0.5, 0.6) is 0 Å². The molecule has 0 saturated heterocycles. The minimum atomic E-state index is -0.808. The SMILES string of the molecule is Cc1ccc(F)c(-c2cc(N)ccc2F)c1F. The largest absolute Gasteiger partial charge is 0.399 e. The molecule has 0 amide bonds. The Morgan fingerprint density at radius 3 is 2.29 bits per heavy atom. The molecular formula is C13H10F3N. The second-order valence-corrected chi connectivity index (χ2v) is 3.79. The van der Waals surface area contributed by atoms with Gasteiger partial charge in [-0.2, -0.15) is 0 Å². The zero-order chi connectivity index (χ0) is 12.6. The van der Waals surface area contributed by atoms with Crippen molar-refractivity contribution in [2.24, 2.45) is 0 Å². The molecule has 0 saturated carbocycles. The summed E-state index contributed by atoms with van der Waals surface area (Å²) in [6.07, 6.45) is 0. The van der Waals surface area contributed by atoms with Crippen molar-refractivity contribution in [1.29, 1.82) is 0 Å². The molecule has 0 unspecified atom stereocenters. The van der Waals surface area contributed by atoms with Crippen LogP contribution in [-0.4, -0.2) is 0 Å². The fourth-order valence-corrected chi connectivity index (χ4v) is 1.64. The van der Waals surface area contributed by atoms with Crippen molar-refractivity contribution in [3.63, 3.8) is 0 Å². The van der Waals surface area contributed by atoms with Crippen LogP contribution in [-0.2, 0) is 0 Å². The molecule has 0 aliphatic heterocycles. The minimum Gasteiger partial charge on any atom is -0.399 e. The van der Waals surface area contributed by atoms with Crippen LogP contribution in [0.1, 0.15) is 5.56 Å². The summed E-state index contributed by atoms with van der Waals surface area (Å²) in [5.41, 5.74) is 5.45. The van der Waals surface area contributed by atoms with Crippen molar-refractivity contribution in [3.05, 3.63) is 53.3 Å². The lowest BCUT2D eigenvalue weighted by Crippen LogP contribution is -1.97. The molecule has 88 valence electrons. The Morgan fingerprint density at radius 2 is 1.59 bits per heavy atom. The molecule has 2 aromatic carbocycles. The molecule has 0 fully saturated rings. The molecule has 2 N–H and O–H groups in total. The van der Waals surface area contributed by atoms with Gasteiger partial charge in [-0.05, 0) is 36.8 Å². The molecule has 0 atom stereocenters. The topological polar surface area (TPSA) is 26.0 Å². The van der Waals surface area contributed by atoms with Gasteiger partial charge in [-0.3, -0.25) is 0 Å². The van der Waals surface area contributed by atoms with Crippen LogP contribution in [0.15, 0.2) is 30.3 Å². The van der Waals surface area contributed by atoms with Gasteiger partial charge in [0.1, 0.15) is 17.5 Å². The molecule has 0 radical (unpaired) electrons.